The molecule has 0 bridgehead atoms. The molecule has 6 nitrogen and oxygen atoms in total. The molecule has 1 atom stereocenters. The van der Waals surface area contributed by atoms with Crippen LogP contribution in [0, 0.1) is 11.3 Å². The molecule has 1 fully saturated rings. The summed E-state index contributed by atoms with van der Waals surface area (Å²) in [6.07, 6.45) is 6.10. The fraction of sp³-hybridized carbons (Fsp3) is 0.632. The predicted molar refractivity (Wildman–Crippen MR) is 101 cm³/mol. The van der Waals surface area contributed by atoms with E-state index in [0.717, 1.165) is 42.1 Å². The average molecular weight is 378 g/mol. The van der Waals surface area contributed by atoms with Gasteiger partial charge in [0.1, 0.15) is 0 Å². The minimum absolute atomic E-state index is 0.268. The van der Waals surface area contributed by atoms with E-state index in [0.29, 0.717) is 13.1 Å². The van der Waals surface area contributed by atoms with Gasteiger partial charge < -0.3 is 5.11 Å². The molecule has 1 aromatic carbocycles. The standard InChI is InChI=1S/C19H27N3O3S/c1-19(2,14-6-8-22(9-7-14)26(3,24)25)18(23)16-15-5-4-12(15)10-13-11-20-21-17(13)16/h10-11,14,18,23H,4-9H2,1-3H3,(H,20,21). The highest BCUT2D eigenvalue weighted by atomic mass is 32.2. The minimum atomic E-state index is -3.13. The summed E-state index contributed by atoms with van der Waals surface area (Å²) < 4.78 is 25.1. The van der Waals surface area contributed by atoms with E-state index in [1.54, 1.807) is 4.31 Å². The number of H-pyrrole nitrogens is 1. The van der Waals surface area contributed by atoms with Gasteiger partial charge in [0.25, 0.3) is 0 Å². The Bertz CT molecular complexity index is 940. The lowest BCUT2D eigenvalue weighted by molar-refractivity contribution is -0.0120. The first kappa shape index (κ1) is 17.9. The van der Waals surface area contributed by atoms with Gasteiger partial charge in [-0.15, -0.1) is 0 Å². The number of nitrogens with zero attached hydrogens (tertiary/aromatic N) is 2. The smallest absolute Gasteiger partial charge is 0.211 e. The number of rotatable bonds is 4. The van der Waals surface area contributed by atoms with Crippen molar-refractivity contribution in [1.82, 2.24) is 14.5 Å². The fourth-order valence-corrected chi connectivity index (χ4v) is 5.52. The van der Waals surface area contributed by atoms with Crippen LogP contribution in [0.1, 0.15) is 49.5 Å². The maximum atomic E-state index is 11.8. The third kappa shape index (κ3) is 2.77. The summed E-state index contributed by atoms with van der Waals surface area (Å²) in [5.41, 5.74) is 4.17. The molecule has 1 unspecified atom stereocenters. The number of aliphatic hydroxyl groups excluding tert-OH is 1. The van der Waals surface area contributed by atoms with Crippen LogP contribution in [0.3, 0.4) is 0 Å². The number of aliphatic hydroxyl groups is 1. The van der Waals surface area contributed by atoms with Crippen molar-refractivity contribution in [2.24, 2.45) is 11.3 Å². The zero-order valence-corrected chi connectivity index (χ0v) is 16.4. The van der Waals surface area contributed by atoms with Gasteiger partial charge in [0.05, 0.1) is 24.1 Å². The third-order valence-corrected chi connectivity index (χ3v) is 7.88. The zero-order valence-electron chi connectivity index (χ0n) is 15.6. The maximum Gasteiger partial charge on any atom is 0.211 e. The van der Waals surface area contributed by atoms with E-state index in [2.05, 4.69) is 30.1 Å². The molecule has 2 heterocycles. The van der Waals surface area contributed by atoms with Crippen LogP contribution in [0.2, 0.25) is 0 Å². The summed E-state index contributed by atoms with van der Waals surface area (Å²) in [6.45, 7) is 5.29. The van der Waals surface area contributed by atoms with Gasteiger partial charge in [0.2, 0.25) is 10.0 Å². The number of aromatic nitrogens is 2. The maximum absolute atomic E-state index is 11.8. The number of aryl methyl sites for hydroxylation is 1. The quantitative estimate of drug-likeness (QED) is 0.857. The molecule has 1 aliphatic carbocycles. The molecule has 7 heteroatoms. The molecular formula is C19H27N3O3S. The molecule has 0 radical (unpaired) electrons. The highest BCUT2D eigenvalue weighted by Gasteiger charge is 2.42. The van der Waals surface area contributed by atoms with E-state index < -0.39 is 16.1 Å². The van der Waals surface area contributed by atoms with Crippen LogP contribution >= 0.6 is 0 Å². The molecule has 2 aliphatic rings. The van der Waals surface area contributed by atoms with Gasteiger partial charge in [-0.2, -0.15) is 5.10 Å². The number of benzene rings is 1. The van der Waals surface area contributed by atoms with Crippen molar-refractivity contribution in [3.05, 3.63) is 29.0 Å². The van der Waals surface area contributed by atoms with Crippen molar-refractivity contribution in [3.8, 4) is 0 Å². The predicted octanol–water partition coefficient (Wildman–Crippen LogP) is 2.39. The number of sulfonamides is 1. The molecular weight excluding hydrogens is 350 g/mol. The first-order valence-electron chi connectivity index (χ1n) is 9.30. The van der Waals surface area contributed by atoms with Gasteiger partial charge in [-0.25, -0.2) is 12.7 Å². The van der Waals surface area contributed by atoms with Gasteiger partial charge in [0.15, 0.2) is 0 Å². The van der Waals surface area contributed by atoms with Crippen molar-refractivity contribution in [3.63, 3.8) is 0 Å². The van der Waals surface area contributed by atoms with E-state index >= 15 is 0 Å². The van der Waals surface area contributed by atoms with Crippen molar-refractivity contribution in [1.29, 1.82) is 0 Å². The van der Waals surface area contributed by atoms with E-state index in [9.17, 15) is 13.5 Å². The largest absolute Gasteiger partial charge is 0.388 e. The van der Waals surface area contributed by atoms with Crippen molar-refractivity contribution in [2.45, 2.75) is 45.6 Å². The number of hydrogen-bond donors (Lipinski definition) is 2. The Labute approximate surface area is 154 Å². The van der Waals surface area contributed by atoms with Gasteiger partial charge in [-0.3, -0.25) is 5.10 Å². The first-order valence-corrected chi connectivity index (χ1v) is 11.2. The SMILES string of the molecule is CC(C)(C1CCN(S(C)(=O)=O)CC1)C(O)c1c2c(cc3cn[nH]c13)CC2. The number of aromatic amines is 1. The summed E-state index contributed by atoms with van der Waals surface area (Å²) in [5.74, 6) is 0.268. The zero-order chi connectivity index (χ0) is 18.7. The van der Waals surface area contributed by atoms with Crippen LogP contribution in [0.25, 0.3) is 10.9 Å². The van der Waals surface area contributed by atoms with E-state index in [-0.39, 0.29) is 11.3 Å². The summed E-state index contributed by atoms with van der Waals surface area (Å²) in [7, 11) is -3.13. The van der Waals surface area contributed by atoms with Gasteiger partial charge >= 0.3 is 0 Å². The second-order valence-electron chi connectivity index (χ2n) is 8.42. The first-order chi connectivity index (χ1) is 12.2. The molecule has 0 spiro atoms. The molecule has 2 N–H and O–H groups in total. The lowest BCUT2D eigenvalue weighted by Gasteiger charge is -2.44. The minimum Gasteiger partial charge on any atom is -0.388 e. The van der Waals surface area contributed by atoms with Crippen LogP contribution in [0.15, 0.2) is 12.3 Å². The number of fused-ring (bicyclic) bond motifs is 2. The summed E-state index contributed by atoms with van der Waals surface area (Å²) >= 11 is 0. The Kier molecular flexibility index (Phi) is 4.17. The van der Waals surface area contributed by atoms with Crippen LogP contribution in [-0.2, 0) is 22.9 Å². The molecule has 1 aromatic heterocycles. The van der Waals surface area contributed by atoms with Crippen LogP contribution in [-0.4, -0.2) is 47.4 Å². The lowest BCUT2D eigenvalue weighted by Crippen LogP contribution is -2.43. The monoisotopic (exact) mass is 377 g/mol. The fourth-order valence-electron chi connectivity index (χ4n) is 4.65. The number of hydrogen-bond acceptors (Lipinski definition) is 4. The van der Waals surface area contributed by atoms with Crippen molar-refractivity contribution >= 4 is 20.9 Å². The van der Waals surface area contributed by atoms with Crippen molar-refractivity contribution in [2.75, 3.05) is 19.3 Å². The van der Waals surface area contributed by atoms with Crippen LogP contribution < -0.4 is 0 Å². The van der Waals surface area contributed by atoms with Crippen LogP contribution in [0.4, 0.5) is 0 Å². The van der Waals surface area contributed by atoms with E-state index in [1.165, 1.54) is 17.4 Å². The number of nitrogens with one attached hydrogen (secondary N) is 1. The van der Waals surface area contributed by atoms with Crippen molar-refractivity contribution < 1.29 is 13.5 Å². The van der Waals surface area contributed by atoms with Gasteiger partial charge in [-0.05, 0) is 54.2 Å². The second kappa shape index (κ2) is 6.04. The summed E-state index contributed by atoms with van der Waals surface area (Å²) in [6, 6.07) is 2.17. The molecule has 26 heavy (non-hydrogen) atoms. The van der Waals surface area contributed by atoms with Gasteiger partial charge in [0, 0.05) is 24.0 Å². The Morgan fingerprint density at radius 3 is 2.58 bits per heavy atom. The molecule has 142 valence electrons. The highest BCUT2D eigenvalue weighted by molar-refractivity contribution is 7.88. The number of piperidine rings is 1. The molecule has 4 rings (SSSR count). The topological polar surface area (TPSA) is 86.3 Å². The van der Waals surface area contributed by atoms with Gasteiger partial charge in [-0.1, -0.05) is 13.8 Å². The normalized spacial score (nSPS) is 20.8. The molecule has 0 amide bonds. The Hall–Kier alpha value is -1.44. The molecule has 1 aliphatic heterocycles. The Morgan fingerprint density at radius 1 is 1.31 bits per heavy atom. The lowest BCUT2D eigenvalue weighted by atomic mass is 9.66. The van der Waals surface area contributed by atoms with Crippen LogP contribution in [0.5, 0.6) is 0 Å². The molecule has 0 saturated carbocycles. The van der Waals surface area contributed by atoms with E-state index in [4.69, 9.17) is 0 Å². The molecule has 2 aromatic rings. The third-order valence-electron chi connectivity index (χ3n) is 6.58. The molecule has 1 saturated heterocycles. The highest BCUT2D eigenvalue weighted by Crippen LogP contribution is 2.48. The Balaban J connectivity index is 1.63. The summed E-state index contributed by atoms with van der Waals surface area (Å²) in [4.78, 5) is 0. The average Bonchev–Trinajstić information content (AvgIpc) is 3.03. The summed E-state index contributed by atoms with van der Waals surface area (Å²) in [5, 5.41) is 19.7. The van der Waals surface area contributed by atoms with E-state index in [1.807, 2.05) is 6.20 Å². The second-order valence-corrected chi connectivity index (χ2v) is 10.4. The Morgan fingerprint density at radius 2 is 2.00 bits per heavy atom.